The molecule has 2 rings (SSSR count). The number of hydrogen-bond donors (Lipinski definition) is 1. The Morgan fingerprint density at radius 3 is 3.11 bits per heavy atom. The summed E-state index contributed by atoms with van der Waals surface area (Å²) < 4.78 is 5.46. The summed E-state index contributed by atoms with van der Waals surface area (Å²) in [6.07, 6.45) is 1.55. The molecule has 0 bridgehead atoms. The van der Waals surface area contributed by atoms with Crippen molar-refractivity contribution >= 4 is 5.91 Å². The average Bonchev–Trinajstić information content (AvgIpc) is 2.82. The molecule has 1 amide bonds. The fourth-order valence-electron chi connectivity index (χ4n) is 2.11. The lowest BCUT2D eigenvalue weighted by atomic mass is 10.00. The molecule has 1 aromatic rings. The van der Waals surface area contributed by atoms with Gasteiger partial charge >= 0.3 is 0 Å². The molecule has 94 valence electrons. The summed E-state index contributed by atoms with van der Waals surface area (Å²) in [6, 6.07) is 9.23. The van der Waals surface area contributed by atoms with Crippen molar-refractivity contribution in [2.24, 2.45) is 0 Å². The first-order chi connectivity index (χ1) is 8.76. The molecule has 0 fully saturated rings. The van der Waals surface area contributed by atoms with Gasteiger partial charge in [-0.1, -0.05) is 31.5 Å². The van der Waals surface area contributed by atoms with Gasteiger partial charge in [0.15, 0.2) is 0 Å². The fourth-order valence-corrected chi connectivity index (χ4v) is 2.11. The zero-order valence-electron chi connectivity index (χ0n) is 10.3. The van der Waals surface area contributed by atoms with Crippen LogP contribution in [0.5, 0.6) is 5.75 Å². The second-order valence-electron chi connectivity index (χ2n) is 4.38. The van der Waals surface area contributed by atoms with E-state index in [9.17, 15) is 4.79 Å². The highest BCUT2D eigenvalue weighted by Gasteiger charge is 2.30. The SMILES string of the molecule is CCCC(C#N)NC(=O)C1COc2ccccc21. The molecule has 0 saturated carbocycles. The second-order valence-corrected chi connectivity index (χ2v) is 4.38. The van der Waals surface area contributed by atoms with Gasteiger partial charge in [-0.2, -0.15) is 5.26 Å². The molecule has 1 aliphatic rings. The molecule has 1 aromatic carbocycles. The number of fused-ring (bicyclic) bond motifs is 1. The van der Waals surface area contributed by atoms with Gasteiger partial charge in [-0.25, -0.2) is 0 Å². The van der Waals surface area contributed by atoms with E-state index in [1.807, 2.05) is 31.2 Å². The molecule has 2 unspecified atom stereocenters. The van der Waals surface area contributed by atoms with E-state index in [0.717, 1.165) is 17.7 Å². The normalized spacial score (nSPS) is 18.3. The average molecular weight is 244 g/mol. The lowest BCUT2D eigenvalue weighted by molar-refractivity contribution is -0.123. The third-order valence-electron chi connectivity index (χ3n) is 3.07. The Kier molecular flexibility index (Phi) is 3.83. The highest BCUT2D eigenvalue weighted by molar-refractivity contribution is 5.85. The summed E-state index contributed by atoms with van der Waals surface area (Å²) in [4.78, 5) is 12.1. The van der Waals surface area contributed by atoms with Crippen molar-refractivity contribution < 1.29 is 9.53 Å². The standard InChI is InChI=1S/C14H16N2O2/c1-2-5-10(8-15)16-14(17)12-9-18-13-7-4-3-6-11(12)13/h3-4,6-7,10,12H,2,5,9H2,1H3,(H,16,17). The van der Waals surface area contributed by atoms with E-state index in [0.29, 0.717) is 13.0 Å². The van der Waals surface area contributed by atoms with E-state index in [-0.39, 0.29) is 11.8 Å². The Morgan fingerprint density at radius 2 is 2.39 bits per heavy atom. The first kappa shape index (κ1) is 12.4. The van der Waals surface area contributed by atoms with Crippen LogP contribution in [-0.4, -0.2) is 18.6 Å². The molecule has 2 atom stereocenters. The molecule has 4 heteroatoms. The van der Waals surface area contributed by atoms with Crippen molar-refractivity contribution in [2.45, 2.75) is 31.7 Å². The van der Waals surface area contributed by atoms with Crippen LogP contribution in [0, 0.1) is 11.3 Å². The van der Waals surface area contributed by atoms with Crippen LogP contribution in [0.2, 0.25) is 0 Å². The smallest absolute Gasteiger partial charge is 0.232 e. The van der Waals surface area contributed by atoms with Crippen molar-refractivity contribution in [3.63, 3.8) is 0 Å². The molecule has 0 radical (unpaired) electrons. The maximum atomic E-state index is 12.1. The van der Waals surface area contributed by atoms with Crippen LogP contribution in [-0.2, 0) is 4.79 Å². The summed E-state index contributed by atoms with van der Waals surface area (Å²) >= 11 is 0. The monoisotopic (exact) mass is 244 g/mol. The predicted octanol–water partition coefficient (Wildman–Crippen LogP) is 1.97. The third-order valence-corrected chi connectivity index (χ3v) is 3.07. The van der Waals surface area contributed by atoms with Crippen LogP contribution in [0.4, 0.5) is 0 Å². The zero-order valence-corrected chi connectivity index (χ0v) is 10.3. The number of rotatable bonds is 4. The van der Waals surface area contributed by atoms with Crippen molar-refractivity contribution in [1.82, 2.24) is 5.32 Å². The van der Waals surface area contributed by atoms with E-state index in [1.165, 1.54) is 0 Å². The molecule has 1 heterocycles. The number of carbonyl (C=O) groups is 1. The van der Waals surface area contributed by atoms with Gasteiger partial charge in [0.05, 0.1) is 6.07 Å². The van der Waals surface area contributed by atoms with E-state index in [2.05, 4.69) is 11.4 Å². The maximum absolute atomic E-state index is 12.1. The predicted molar refractivity (Wildman–Crippen MR) is 67.1 cm³/mol. The number of nitrogens with zero attached hydrogens (tertiary/aromatic N) is 1. The minimum absolute atomic E-state index is 0.125. The molecule has 0 aromatic heterocycles. The van der Waals surface area contributed by atoms with Gasteiger partial charge < -0.3 is 10.1 Å². The molecular weight excluding hydrogens is 228 g/mol. The van der Waals surface area contributed by atoms with E-state index in [1.54, 1.807) is 0 Å². The molecule has 0 aliphatic carbocycles. The van der Waals surface area contributed by atoms with Crippen molar-refractivity contribution in [3.05, 3.63) is 29.8 Å². The molecule has 1 aliphatic heterocycles. The Balaban J connectivity index is 2.06. The zero-order chi connectivity index (χ0) is 13.0. The van der Waals surface area contributed by atoms with Gasteiger partial charge in [-0.05, 0) is 12.5 Å². The molecule has 4 nitrogen and oxygen atoms in total. The minimum Gasteiger partial charge on any atom is -0.492 e. The van der Waals surface area contributed by atoms with E-state index >= 15 is 0 Å². The van der Waals surface area contributed by atoms with Crippen LogP contribution in [0.1, 0.15) is 31.2 Å². The van der Waals surface area contributed by atoms with Gasteiger partial charge in [-0.3, -0.25) is 4.79 Å². The lowest BCUT2D eigenvalue weighted by Crippen LogP contribution is -2.37. The van der Waals surface area contributed by atoms with Crippen molar-refractivity contribution in [2.75, 3.05) is 6.61 Å². The number of nitrogens with one attached hydrogen (secondary N) is 1. The van der Waals surface area contributed by atoms with Crippen LogP contribution in [0.3, 0.4) is 0 Å². The molecule has 1 N–H and O–H groups in total. The Hall–Kier alpha value is -2.02. The summed E-state index contributed by atoms with van der Waals surface area (Å²) in [6.45, 7) is 2.35. The summed E-state index contributed by atoms with van der Waals surface area (Å²) in [5.41, 5.74) is 0.906. The third kappa shape index (κ3) is 2.45. The number of amides is 1. The Morgan fingerprint density at radius 1 is 1.61 bits per heavy atom. The number of hydrogen-bond acceptors (Lipinski definition) is 3. The molecule has 0 saturated heterocycles. The molecule has 0 spiro atoms. The summed E-state index contributed by atoms with van der Waals surface area (Å²) in [5.74, 6) is 0.343. The van der Waals surface area contributed by atoms with Crippen LogP contribution < -0.4 is 10.1 Å². The molecular formula is C14H16N2O2. The van der Waals surface area contributed by atoms with Crippen LogP contribution in [0.25, 0.3) is 0 Å². The summed E-state index contributed by atoms with van der Waals surface area (Å²) in [5, 5.41) is 11.7. The Bertz CT molecular complexity index is 479. The number of para-hydroxylation sites is 1. The maximum Gasteiger partial charge on any atom is 0.232 e. The van der Waals surface area contributed by atoms with Crippen molar-refractivity contribution in [1.29, 1.82) is 5.26 Å². The second kappa shape index (κ2) is 5.54. The first-order valence-electron chi connectivity index (χ1n) is 6.18. The minimum atomic E-state index is -0.407. The number of benzene rings is 1. The van der Waals surface area contributed by atoms with Gasteiger partial charge in [-0.15, -0.1) is 0 Å². The van der Waals surface area contributed by atoms with E-state index < -0.39 is 6.04 Å². The van der Waals surface area contributed by atoms with Gasteiger partial charge in [0.25, 0.3) is 0 Å². The quantitative estimate of drug-likeness (QED) is 0.880. The summed E-state index contributed by atoms with van der Waals surface area (Å²) in [7, 11) is 0. The highest BCUT2D eigenvalue weighted by atomic mass is 16.5. The van der Waals surface area contributed by atoms with Gasteiger partial charge in [0.2, 0.25) is 5.91 Å². The molecule has 18 heavy (non-hydrogen) atoms. The van der Waals surface area contributed by atoms with Crippen LogP contribution >= 0.6 is 0 Å². The van der Waals surface area contributed by atoms with E-state index in [4.69, 9.17) is 10.00 Å². The lowest BCUT2D eigenvalue weighted by Gasteiger charge is -2.14. The number of carbonyl (C=O) groups excluding carboxylic acids is 1. The largest absolute Gasteiger partial charge is 0.492 e. The topological polar surface area (TPSA) is 62.1 Å². The number of nitriles is 1. The highest BCUT2D eigenvalue weighted by Crippen LogP contribution is 2.33. The Labute approximate surface area is 107 Å². The van der Waals surface area contributed by atoms with Gasteiger partial charge in [0, 0.05) is 5.56 Å². The van der Waals surface area contributed by atoms with Crippen molar-refractivity contribution in [3.8, 4) is 11.8 Å². The van der Waals surface area contributed by atoms with Gasteiger partial charge in [0.1, 0.15) is 24.3 Å². The van der Waals surface area contributed by atoms with Crippen LogP contribution in [0.15, 0.2) is 24.3 Å². The fraction of sp³-hybridized carbons (Fsp3) is 0.429. The first-order valence-corrected chi connectivity index (χ1v) is 6.18. The number of ether oxygens (including phenoxy) is 1.